The summed E-state index contributed by atoms with van der Waals surface area (Å²) in [6.45, 7) is 7.09. The van der Waals surface area contributed by atoms with Gasteiger partial charge in [-0.25, -0.2) is 4.79 Å². The highest BCUT2D eigenvalue weighted by atomic mass is 16.6. The molecular formula is C11H21N5O2. The Morgan fingerprint density at radius 3 is 2.83 bits per heavy atom. The molecule has 0 aliphatic rings. The third-order valence-electron chi connectivity index (χ3n) is 2.03. The molecule has 7 nitrogen and oxygen atoms in total. The highest BCUT2D eigenvalue weighted by molar-refractivity contribution is 5.67. The quantitative estimate of drug-likeness (QED) is 0.753. The molecule has 0 aliphatic carbocycles. The first kappa shape index (κ1) is 14.4. The lowest BCUT2D eigenvalue weighted by Gasteiger charge is -2.19. The van der Waals surface area contributed by atoms with Crippen molar-refractivity contribution in [2.45, 2.75) is 45.9 Å². The number of hydrogen-bond donors (Lipinski definition) is 2. The van der Waals surface area contributed by atoms with E-state index in [1.165, 1.54) is 0 Å². The molecule has 1 heterocycles. The van der Waals surface area contributed by atoms with E-state index in [-0.39, 0.29) is 0 Å². The van der Waals surface area contributed by atoms with Gasteiger partial charge >= 0.3 is 6.09 Å². The Kier molecular flexibility index (Phi) is 5.08. The fourth-order valence-corrected chi connectivity index (χ4v) is 1.29. The second kappa shape index (κ2) is 6.34. The monoisotopic (exact) mass is 255 g/mol. The number of rotatable bonds is 5. The summed E-state index contributed by atoms with van der Waals surface area (Å²) in [6, 6.07) is 0. The lowest BCUT2D eigenvalue weighted by molar-refractivity contribution is 0.0526. The molecule has 1 rings (SSSR count). The van der Waals surface area contributed by atoms with Crippen molar-refractivity contribution < 1.29 is 9.53 Å². The average molecular weight is 255 g/mol. The van der Waals surface area contributed by atoms with Crippen molar-refractivity contribution in [2.75, 3.05) is 6.54 Å². The molecule has 0 saturated carbocycles. The van der Waals surface area contributed by atoms with E-state index in [0.717, 1.165) is 12.1 Å². The van der Waals surface area contributed by atoms with E-state index in [4.69, 9.17) is 10.5 Å². The van der Waals surface area contributed by atoms with Crippen LogP contribution in [0, 0.1) is 0 Å². The number of aromatic nitrogens is 3. The predicted molar refractivity (Wildman–Crippen MR) is 66.8 cm³/mol. The Morgan fingerprint density at radius 1 is 1.56 bits per heavy atom. The van der Waals surface area contributed by atoms with E-state index in [0.29, 0.717) is 19.6 Å². The maximum atomic E-state index is 11.3. The number of nitrogens with two attached hydrogens (primary N) is 1. The highest BCUT2D eigenvalue weighted by Crippen LogP contribution is 2.06. The number of hydrogen-bond acceptors (Lipinski definition) is 5. The molecule has 0 bridgehead atoms. The lowest BCUT2D eigenvalue weighted by Crippen LogP contribution is -2.33. The Labute approximate surface area is 107 Å². The summed E-state index contributed by atoms with van der Waals surface area (Å²) in [5.41, 5.74) is 5.72. The lowest BCUT2D eigenvalue weighted by atomic mass is 10.2. The van der Waals surface area contributed by atoms with E-state index >= 15 is 0 Å². The Balaban J connectivity index is 2.17. The van der Waals surface area contributed by atoms with Crippen LogP contribution in [0.1, 0.15) is 32.9 Å². The van der Waals surface area contributed by atoms with E-state index in [2.05, 4.69) is 15.6 Å². The number of carbonyl (C=O) groups excluding carboxylic acids is 1. The molecule has 0 saturated heterocycles. The van der Waals surface area contributed by atoms with Crippen LogP contribution in [0.2, 0.25) is 0 Å². The van der Waals surface area contributed by atoms with E-state index < -0.39 is 11.7 Å². The minimum Gasteiger partial charge on any atom is -0.444 e. The summed E-state index contributed by atoms with van der Waals surface area (Å²) in [5, 5.41) is 10.5. The maximum Gasteiger partial charge on any atom is 0.407 e. The summed E-state index contributed by atoms with van der Waals surface area (Å²) in [4.78, 5) is 11.3. The van der Waals surface area contributed by atoms with Crippen LogP contribution < -0.4 is 11.1 Å². The normalized spacial score (nSPS) is 11.3. The first-order chi connectivity index (χ1) is 8.40. The van der Waals surface area contributed by atoms with Gasteiger partial charge < -0.3 is 15.8 Å². The van der Waals surface area contributed by atoms with Gasteiger partial charge in [0.2, 0.25) is 0 Å². The van der Waals surface area contributed by atoms with Crippen molar-refractivity contribution in [3.05, 3.63) is 11.9 Å². The van der Waals surface area contributed by atoms with Gasteiger partial charge in [0, 0.05) is 25.8 Å². The zero-order valence-corrected chi connectivity index (χ0v) is 11.1. The molecule has 0 aliphatic heterocycles. The molecule has 0 spiro atoms. The van der Waals surface area contributed by atoms with Crippen molar-refractivity contribution in [3.8, 4) is 0 Å². The van der Waals surface area contributed by atoms with Gasteiger partial charge in [0.05, 0.1) is 5.69 Å². The summed E-state index contributed by atoms with van der Waals surface area (Å²) in [5.74, 6) is 0. The van der Waals surface area contributed by atoms with Crippen LogP contribution in [0.5, 0.6) is 0 Å². The molecule has 1 amide bonds. The minimum absolute atomic E-state index is 0.385. The van der Waals surface area contributed by atoms with Gasteiger partial charge in [-0.05, 0) is 27.2 Å². The van der Waals surface area contributed by atoms with Gasteiger partial charge in [-0.1, -0.05) is 5.21 Å². The Morgan fingerprint density at radius 2 is 2.28 bits per heavy atom. The predicted octanol–water partition coefficient (Wildman–Crippen LogP) is 0.652. The van der Waals surface area contributed by atoms with Crippen molar-refractivity contribution >= 4 is 6.09 Å². The van der Waals surface area contributed by atoms with Crippen molar-refractivity contribution in [1.29, 1.82) is 0 Å². The number of ether oxygens (including phenoxy) is 1. The topological polar surface area (TPSA) is 95.1 Å². The third kappa shape index (κ3) is 5.62. The van der Waals surface area contributed by atoms with Crippen molar-refractivity contribution in [1.82, 2.24) is 20.3 Å². The zero-order chi connectivity index (χ0) is 13.6. The molecule has 1 aromatic heterocycles. The van der Waals surface area contributed by atoms with Crippen molar-refractivity contribution in [2.24, 2.45) is 5.73 Å². The molecule has 0 atom stereocenters. The van der Waals surface area contributed by atoms with Gasteiger partial charge in [0.15, 0.2) is 0 Å². The van der Waals surface area contributed by atoms with Crippen LogP contribution in [0.15, 0.2) is 6.20 Å². The summed E-state index contributed by atoms with van der Waals surface area (Å²) in [6.07, 6.45) is 2.16. The number of carbonyl (C=O) groups is 1. The van der Waals surface area contributed by atoms with E-state index in [1.807, 2.05) is 20.8 Å². The SMILES string of the molecule is CC(C)(C)OC(=O)NCCCn1cc(CN)nn1. The van der Waals surface area contributed by atoms with Crippen LogP contribution in [-0.4, -0.2) is 33.2 Å². The molecule has 7 heteroatoms. The minimum atomic E-state index is -0.466. The van der Waals surface area contributed by atoms with Gasteiger partial charge in [-0.3, -0.25) is 4.68 Å². The number of nitrogens with one attached hydrogen (secondary N) is 1. The number of amides is 1. The van der Waals surface area contributed by atoms with Crippen LogP contribution in [0.25, 0.3) is 0 Å². The fourth-order valence-electron chi connectivity index (χ4n) is 1.29. The number of nitrogens with zero attached hydrogens (tertiary/aromatic N) is 3. The summed E-state index contributed by atoms with van der Waals surface area (Å²) >= 11 is 0. The molecule has 3 N–H and O–H groups in total. The van der Waals surface area contributed by atoms with Gasteiger partial charge in [0.1, 0.15) is 5.60 Å². The average Bonchev–Trinajstić information content (AvgIpc) is 2.70. The van der Waals surface area contributed by atoms with E-state index in [9.17, 15) is 4.79 Å². The third-order valence-corrected chi connectivity index (χ3v) is 2.03. The smallest absolute Gasteiger partial charge is 0.407 e. The molecule has 0 radical (unpaired) electrons. The van der Waals surface area contributed by atoms with E-state index in [1.54, 1.807) is 10.9 Å². The summed E-state index contributed by atoms with van der Waals surface area (Å²) < 4.78 is 6.82. The van der Waals surface area contributed by atoms with Crippen LogP contribution in [0.4, 0.5) is 4.79 Å². The first-order valence-electron chi connectivity index (χ1n) is 5.96. The standard InChI is InChI=1S/C11H21N5O2/c1-11(2,3)18-10(17)13-5-4-6-16-8-9(7-12)14-15-16/h8H,4-7,12H2,1-3H3,(H,13,17). The second-order valence-corrected chi connectivity index (χ2v) is 4.96. The highest BCUT2D eigenvalue weighted by Gasteiger charge is 2.15. The van der Waals surface area contributed by atoms with Crippen LogP contribution >= 0.6 is 0 Å². The summed E-state index contributed by atoms with van der Waals surface area (Å²) in [7, 11) is 0. The molecular weight excluding hydrogens is 234 g/mol. The molecule has 102 valence electrons. The van der Waals surface area contributed by atoms with Gasteiger partial charge in [-0.2, -0.15) is 0 Å². The van der Waals surface area contributed by atoms with Gasteiger partial charge in [0.25, 0.3) is 0 Å². The maximum absolute atomic E-state index is 11.3. The van der Waals surface area contributed by atoms with Gasteiger partial charge in [-0.15, -0.1) is 5.10 Å². The zero-order valence-electron chi connectivity index (χ0n) is 11.1. The van der Waals surface area contributed by atoms with Crippen LogP contribution in [0.3, 0.4) is 0 Å². The molecule has 0 fully saturated rings. The largest absolute Gasteiger partial charge is 0.444 e. The fraction of sp³-hybridized carbons (Fsp3) is 0.727. The van der Waals surface area contributed by atoms with Crippen molar-refractivity contribution in [3.63, 3.8) is 0 Å². The number of alkyl carbamates (subject to hydrolysis) is 1. The first-order valence-corrected chi connectivity index (χ1v) is 5.96. The molecule has 0 aromatic carbocycles. The Hall–Kier alpha value is -1.63. The van der Waals surface area contributed by atoms with Crippen LogP contribution in [-0.2, 0) is 17.8 Å². The second-order valence-electron chi connectivity index (χ2n) is 4.96. The molecule has 0 unspecified atom stereocenters. The number of aryl methyl sites for hydroxylation is 1. The molecule has 1 aromatic rings. The molecule has 18 heavy (non-hydrogen) atoms. The Bertz CT molecular complexity index is 383.